The van der Waals surface area contributed by atoms with E-state index in [0.717, 1.165) is 12.1 Å². The minimum absolute atomic E-state index is 0.115. The Morgan fingerprint density at radius 2 is 1.93 bits per heavy atom. The maximum atomic E-state index is 11.0. The molecular formula is C6H2Cl2INO4S. The summed E-state index contributed by atoms with van der Waals surface area (Å²) in [6.07, 6.45) is 0. The molecule has 9 heteroatoms. The zero-order valence-electron chi connectivity index (χ0n) is 6.78. The highest BCUT2D eigenvalue weighted by Crippen LogP contribution is 2.33. The number of hydrogen-bond donors (Lipinski definition) is 0. The highest BCUT2D eigenvalue weighted by molar-refractivity contribution is 14.1. The second-order valence-electron chi connectivity index (χ2n) is 2.43. The Morgan fingerprint density at radius 3 is 2.33 bits per heavy atom. The lowest BCUT2D eigenvalue weighted by molar-refractivity contribution is -0.385. The van der Waals surface area contributed by atoms with Gasteiger partial charge in [0.25, 0.3) is 14.7 Å². The van der Waals surface area contributed by atoms with Crippen LogP contribution in [0.5, 0.6) is 0 Å². The minimum atomic E-state index is -4.08. The van der Waals surface area contributed by atoms with E-state index in [4.69, 9.17) is 22.3 Å². The van der Waals surface area contributed by atoms with Gasteiger partial charge in [-0.15, -0.1) is 0 Å². The first-order valence-electron chi connectivity index (χ1n) is 3.31. The molecule has 0 radical (unpaired) electrons. The third-order valence-corrected chi connectivity index (χ3v) is 4.49. The number of non-ortho nitro benzene ring substituents is 1. The standard InChI is InChI=1S/C6H2Cl2INO4S/c7-6-4(9)1-3(10(11)12)2-5(6)15(8,13)14/h1-2H. The lowest BCUT2D eigenvalue weighted by atomic mass is 10.3. The van der Waals surface area contributed by atoms with Crippen LogP contribution in [0.15, 0.2) is 17.0 Å². The Labute approximate surface area is 108 Å². The number of rotatable bonds is 2. The molecule has 0 aliphatic carbocycles. The van der Waals surface area contributed by atoms with Crippen molar-refractivity contribution in [3.8, 4) is 0 Å². The van der Waals surface area contributed by atoms with Crippen LogP contribution in [0.25, 0.3) is 0 Å². The summed E-state index contributed by atoms with van der Waals surface area (Å²) in [4.78, 5) is 9.29. The van der Waals surface area contributed by atoms with Crippen LogP contribution in [0, 0.1) is 13.7 Å². The molecule has 5 nitrogen and oxygen atoms in total. The van der Waals surface area contributed by atoms with Crippen molar-refractivity contribution in [3.63, 3.8) is 0 Å². The SMILES string of the molecule is O=[N+]([O-])c1cc(I)c(Cl)c(S(=O)(=O)Cl)c1. The predicted octanol–water partition coefficient (Wildman–Crippen LogP) is 2.78. The summed E-state index contributed by atoms with van der Waals surface area (Å²) >= 11 is 7.35. The summed E-state index contributed by atoms with van der Waals surface area (Å²) in [5.41, 5.74) is -0.372. The van der Waals surface area contributed by atoms with Crippen molar-refractivity contribution in [1.29, 1.82) is 0 Å². The smallest absolute Gasteiger partial charge is 0.258 e. The number of hydrogen-bond acceptors (Lipinski definition) is 4. The van der Waals surface area contributed by atoms with E-state index in [1.165, 1.54) is 0 Å². The van der Waals surface area contributed by atoms with Gasteiger partial charge in [-0.1, -0.05) is 11.6 Å². The summed E-state index contributed by atoms with van der Waals surface area (Å²) in [5, 5.41) is 10.4. The molecule has 0 fully saturated rings. The zero-order chi connectivity index (χ0) is 11.8. The Morgan fingerprint density at radius 1 is 1.40 bits per heavy atom. The van der Waals surface area contributed by atoms with Crippen molar-refractivity contribution in [1.82, 2.24) is 0 Å². The largest absolute Gasteiger partial charge is 0.271 e. The van der Waals surface area contributed by atoms with Crippen LogP contribution in [-0.4, -0.2) is 13.3 Å². The normalized spacial score (nSPS) is 11.4. The first-order valence-corrected chi connectivity index (χ1v) is 7.08. The molecule has 0 aliphatic rings. The van der Waals surface area contributed by atoms with Crippen molar-refractivity contribution in [2.45, 2.75) is 4.90 Å². The van der Waals surface area contributed by atoms with Gasteiger partial charge in [0.15, 0.2) is 0 Å². The lowest BCUT2D eigenvalue weighted by Gasteiger charge is -2.02. The van der Waals surface area contributed by atoms with Crippen molar-refractivity contribution >= 4 is 59.6 Å². The molecule has 0 atom stereocenters. The van der Waals surface area contributed by atoms with Crippen molar-refractivity contribution < 1.29 is 13.3 Å². The quantitative estimate of drug-likeness (QED) is 0.341. The molecule has 0 heterocycles. The molecule has 1 aromatic carbocycles. The van der Waals surface area contributed by atoms with Gasteiger partial charge in [0.05, 0.1) is 9.95 Å². The van der Waals surface area contributed by atoms with E-state index < -0.39 is 18.9 Å². The third-order valence-electron chi connectivity index (χ3n) is 1.45. The molecule has 1 aromatic rings. The van der Waals surface area contributed by atoms with Crippen LogP contribution >= 0.6 is 44.9 Å². The molecule has 0 saturated carbocycles. The van der Waals surface area contributed by atoms with Crippen LogP contribution in [0.1, 0.15) is 0 Å². The van der Waals surface area contributed by atoms with Gasteiger partial charge in [-0.05, 0) is 22.6 Å². The van der Waals surface area contributed by atoms with Gasteiger partial charge in [0.2, 0.25) is 0 Å². The second-order valence-corrected chi connectivity index (χ2v) is 6.51. The summed E-state index contributed by atoms with van der Waals surface area (Å²) < 4.78 is 22.3. The van der Waals surface area contributed by atoms with Gasteiger partial charge >= 0.3 is 0 Å². The maximum Gasteiger partial charge on any atom is 0.271 e. The molecule has 0 unspecified atom stereocenters. The van der Waals surface area contributed by atoms with Crippen molar-refractivity contribution in [2.24, 2.45) is 0 Å². The van der Waals surface area contributed by atoms with Gasteiger partial charge in [-0.25, -0.2) is 8.42 Å². The Bertz CT molecular complexity index is 530. The summed E-state index contributed by atoms with van der Waals surface area (Å²) in [6.45, 7) is 0. The van der Waals surface area contributed by atoms with Gasteiger partial charge in [0, 0.05) is 26.4 Å². The third kappa shape index (κ3) is 2.92. The Kier molecular flexibility index (Phi) is 3.80. The van der Waals surface area contributed by atoms with Crippen LogP contribution in [0.3, 0.4) is 0 Å². The number of halogens is 3. The maximum absolute atomic E-state index is 11.0. The number of nitro benzene ring substituents is 1. The number of nitrogens with zero attached hydrogens (tertiary/aromatic N) is 1. The van der Waals surface area contributed by atoms with Gasteiger partial charge in [-0.3, -0.25) is 10.1 Å². The molecule has 0 amide bonds. The van der Waals surface area contributed by atoms with E-state index >= 15 is 0 Å². The molecule has 0 bridgehead atoms. The van der Waals surface area contributed by atoms with Crippen molar-refractivity contribution in [2.75, 3.05) is 0 Å². The van der Waals surface area contributed by atoms with Crippen molar-refractivity contribution in [3.05, 3.63) is 30.8 Å². The van der Waals surface area contributed by atoms with Crippen LogP contribution in [-0.2, 0) is 9.05 Å². The summed E-state index contributed by atoms with van der Waals surface area (Å²) in [7, 11) is 0.993. The van der Waals surface area contributed by atoms with Crippen LogP contribution in [0.2, 0.25) is 5.02 Å². The summed E-state index contributed by atoms with van der Waals surface area (Å²) in [5.74, 6) is 0. The van der Waals surface area contributed by atoms with Gasteiger partial charge in [0.1, 0.15) is 4.90 Å². The Balaban J connectivity index is 3.59. The fourth-order valence-electron chi connectivity index (χ4n) is 0.833. The average molecular weight is 382 g/mol. The predicted molar refractivity (Wildman–Crippen MR) is 63.9 cm³/mol. The fourth-order valence-corrected chi connectivity index (χ4v) is 3.11. The van der Waals surface area contributed by atoms with E-state index in [-0.39, 0.29) is 14.3 Å². The fraction of sp³-hybridized carbons (Fsp3) is 0. The first-order chi connectivity index (χ1) is 6.73. The summed E-state index contributed by atoms with van der Waals surface area (Å²) in [6, 6.07) is 1.99. The molecule has 0 aromatic heterocycles. The number of nitro groups is 1. The minimum Gasteiger partial charge on any atom is -0.258 e. The lowest BCUT2D eigenvalue weighted by Crippen LogP contribution is -1.97. The molecule has 0 saturated heterocycles. The molecule has 0 N–H and O–H groups in total. The van der Waals surface area contributed by atoms with Crippen LogP contribution in [0.4, 0.5) is 5.69 Å². The van der Waals surface area contributed by atoms with Crippen LogP contribution < -0.4 is 0 Å². The molecular weight excluding hydrogens is 380 g/mol. The van der Waals surface area contributed by atoms with E-state index in [1.54, 1.807) is 22.6 Å². The van der Waals surface area contributed by atoms with Gasteiger partial charge in [-0.2, -0.15) is 0 Å². The topological polar surface area (TPSA) is 77.3 Å². The van der Waals surface area contributed by atoms with E-state index in [2.05, 4.69) is 0 Å². The highest BCUT2D eigenvalue weighted by atomic mass is 127. The molecule has 15 heavy (non-hydrogen) atoms. The first kappa shape index (κ1) is 12.9. The zero-order valence-corrected chi connectivity index (χ0v) is 11.3. The number of benzene rings is 1. The monoisotopic (exact) mass is 381 g/mol. The Hall–Kier alpha value is -0.120. The van der Waals surface area contributed by atoms with E-state index in [9.17, 15) is 18.5 Å². The van der Waals surface area contributed by atoms with Gasteiger partial charge < -0.3 is 0 Å². The molecule has 1 rings (SSSR count). The average Bonchev–Trinajstić information content (AvgIpc) is 2.06. The highest BCUT2D eigenvalue weighted by Gasteiger charge is 2.22. The second kappa shape index (κ2) is 4.40. The van der Waals surface area contributed by atoms with E-state index in [0.29, 0.717) is 0 Å². The van der Waals surface area contributed by atoms with E-state index in [1.807, 2.05) is 0 Å². The molecule has 0 spiro atoms. The molecule has 82 valence electrons. The molecule has 0 aliphatic heterocycles.